The highest BCUT2D eigenvalue weighted by Crippen LogP contribution is 2.07. The normalized spacial score (nSPS) is 11.2. The zero-order valence-corrected chi connectivity index (χ0v) is 9.86. The first kappa shape index (κ1) is 12.2. The maximum atomic E-state index is 5.25. The molecule has 86 valence electrons. The molecular weight excluding hydrogens is 190 g/mol. The first-order valence-corrected chi connectivity index (χ1v) is 5.54. The van der Waals surface area contributed by atoms with Gasteiger partial charge in [0.1, 0.15) is 0 Å². The van der Waals surface area contributed by atoms with Crippen molar-refractivity contribution in [2.75, 3.05) is 19.8 Å². The van der Waals surface area contributed by atoms with E-state index in [1.165, 1.54) is 5.69 Å². The van der Waals surface area contributed by atoms with Crippen molar-refractivity contribution in [1.82, 2.24) is 14.9 Å². The van der Waals surface area contributed by atoms with Crippen molar-refractivity contribution in [3.8, 4) is 0 Å². The van der Waals surface area contributed by atoms with Gasteiger partial charge in [0.2, 0.25) is 0 Å². The summed E-state index contributed by atoms with van der Waals surface area (Å²) in [6, 6.07) is 0.469. The van der Waals surface area contributed by atoms with E-state index in [-0.39, 0.29) is 0 Å². The van der Waals surface area contributed by atoms with E-state index in [2.05, 4.69) is 28.7 Å². The Hall–Kier alpha value is -0.870. The molecule has 0 atom stereocenters. The van der Waals surface area contributed by atoms with Crippen LogP contribution in [0.3, 0.4) is 0 Å². The van der Waals surface area contributed by atoms with Crippen LogP contribution in [0.25, 0.3) is 0 Å². The van der Waals surface area contributed by atoms with E-state index in [9.17, 15) is 0 Å². The molecule has 0 fully saturated rings. The summed E-state index contributed by atoms with van der Waals surface area (Å²) in [5.41, 5.74) is 1.22. The average molecular weight is 211 g/mol. The molecule has 0 aromatic carbocycles. The van der Waals surface area contributed by atoms with Crippen LogP contribution in [0, 0.1) is 0 Å². The predicted octanol–water partition coefficient (Wildman–Crippen LogP) is 1.59. The van der Waals surface area contributed by atoms with E-state index in [4.69, 9.17) is 4.74 Å². The summed E-state index contributed by atoms with van der Waals surface area (Å²) >= 11 is 0. The Kier molecular flexibility index (Phi) is 5.36. The summed E-state index contributed by atoms with van der Waals surface area (Å²) < 4.78 is 7.42. The third-order valence-corrected chi connectivity index (χ3v) is 2.24. The maximum Gasteiger partial charge on any atom is 0.0951 e. The maximum absolute atomic E-state index is 5.25. The number of imidazole rings is 1. The monoisotopic (exact) mass is 211 g/mol. The lowest BCUT2D eigenvalue weighted by Gasteiger charge is -2.12. The highest BCUT2D eigenvalue weighted by Gasteiger charge is 2.03. The van der Waals surface area contributed by atoms with Gasteiger partial charge >= 0.3 is 0 Å². The zero-order valence-electron chi connectivity index (χ0n) is 9.86. The van der Waals surface area contributed by atoms with E-state index in [0.717, 1.165) is 26.3 Å². The molecule has 0 aliphatic heterocycles. The van der Waals surface area contributed by atoms with Crippen molar-refractivity contribution in [1.29, 1.82) is 0 Å². The molecule has 1 N–H and O–H groups in total. The smallest absolute Gasteiger partial charge is 0.0951 e. The molecule has 0 radical (unpaired) electrons. The SMILES string of the molecule is CCOCCNCc1cncn1C(C)C. The molecule has 0 spiro atoms. The molecule has 1 rings (SSSR count). The van der Waals surface area contributed by atoms with Crippen LogP contribution >= 0.6 is 0 Å². The van der Waals surface area contributed by atoms with Crippen molar-refractivity contribution in [3.05, 3.63) is 18.2 Å². The standard InChI is InChI=1S/C11H21N3O/c1-4-15-6-5-12-7-11-8-13-9-14(11)10(2)3/h8-10,12H,4-7H2,1-3H3. The Morgan fingerprint density at radius 2 is 2.33 bits per heavy atom. The number of rotatable bonds is 7. The van der Waals surface area contributed by atoms with E-state index in [1.807, 2.05) is 19.4 Å². The van der Waals surface area contributed by atoms with Gasteiger partial charge in [0.05, 0.1) is 18.6 Å². The van der Waals surface area contributed by atoms with Crippen molar-refractivity contribution >= 4 is 0 Å². The molecule has 0 aliphatic carbocycles. The second-order valence-corrected chi connectivity index (χ2v) is 3.76. The van der Waals surface area contributed by atoms with Crippen LogP contribution in [-0.2, 0) is 11.3 Å². The lowest BCUT2D eigenvalue weighted by atomic mass is 10.3. The number of nitrogens with zero attached hydrogens (tertiary/aromatic N) is 2. The van der Waals surface area contributed by atoms with E-state index < -0.39 is 0 Å². The highest BCUT2D eigenvalue weighted by atomic mass is 16.5. The van der Waals surface area contributed by atoms with Gasteiger partial charge in [-0.2, -0.15) is 0 Å². The summed E-state index contributed by atoms with van der Waals surface area (Å²) in [6.45, 7) is 9.62. The summed E-state index contributed by atoms with van der Waals surface area (Å²) in [7, 11) is 0. The number of nitrogens with one attached hydrogen (secondary N) is 1. The van der Waals surface area contributed by atoms with Crippen LogP contribution in [0.1, 0.15) is 32.5 Å². The van der Waals surface area contributed by atoms with Gasteiger partial charge in [0.15, 0.2) is 0 Å². The molecule has 0 saturated heterocycles. The lowest BCUT2D eigenvalue weighted by Crippen LogP contribution is -2.21. The number of ether oxygens (including phenoxy) is 1. The van der Waals surface area contributed by atoms with Gasteiger partial charge in [-0.1, -0.05) is 0 Å². The largest absolute Gasteiger partial charge is 0.380 e. The molecule has 0 aliphatic rings. The second-order valence-electron chi connectivity index (χ2n) is 3.76. The molecule has 1 heterocycles. The first-order valence-electron chi connectivity index (χ1n) is 5.54. The Bertz CT molecular complexity index is 271. The van der Waals surface area contributed by atoms with Gasteiger partial charge in [0.25, 0.3) is 0 Å². The van der Waals surface area contributed by atoms with Crippen molar-refractivity contribution in [2.45, 2.75) is 33.4 Å². The third kappa shape index (κ3) is 4.01. The predicted molar refractivity (Wildman–Crippen MR) is 60.8 cm³/mol. The molecule has 15 heavy (non-hydrogen) atoms. The fraction of sp³-hybridized carbons (Fsp3) is 0.727. The Balaban J connectivity index is 2.28. The zero-order chi connectivity index (χ0) is 11.1. The Morgan fingerprint density at radius 3 is 3.00 bits per heavy atom. The topological polar surface area (TPSA) is 39.1 Å². The van der Waals surface area contributed by atoms with Crippen LogP contribution in [0.5, 0.6) is 0 Å². The van der Waals surface area contributed by atoms with Crippen LogP contribution in [-0.4, -0.2) is 29.3 Å². The number of aromatic nitrogens is 2. The van der Waals surface area contributed by atoms with Crippen molar-refractivity contribution in [2.24, 2.45) is 0 Å². The average Bonchev–Trinajstić information content (AvgIpc) is 2.66. The van der Waals surface area contributed by atoms with E-state index in [0.29, 0.717) is 6.04 Å². The summed E-state index contributed by atoms with van der Waals surface area (Å²) in [6.07, 6.45) is 3.79. The minimum atomic E-state index is 0.469. The van der Waals surface area contributed by atoms with Gasteiger partial charge < -0.3 is 14.6 Å². The summed E-state index contributed by atoms with van der Waals surface area (Å²) in [5.74, 6) is 0. The fourth-order valence-electron chi connectivity index (χ4n) is 1.44. The fourth-order valence-corrected chi connectivity index (χ4v) is 1.44. The van der Waals surface area contributed by atoms with Crippen molar-refractivity contribution in [3.63, 3.8) is 0 Å². The molecule has 4 heteroatoms. The lowest BCUT2D eigenvalue weighted by molar-refractivity contribution is 0.149. The number of hydrogen-bond donors (Lipinski definition) is 1. The van der Waals surface area contributed by atoms with Crippen molar-refractivity contribution < 1.29 is 4.74 Å². The first-order chi connectivity index (χ1) is 7.25. The van der Waals surface area contributed by atoms with Gasteiger partial charge in [-0.25, -0.2) is 4.98 Å². The summed E-state index contributed by atoms with van der Waals surface area (Å²) in [5, 5.41) is 3.33. The molecule has 0 amide bonds. The third-order valence-electron chi connectivity index (χ3n) is 2.24. The summed E-state index contributed by atoms with van der Waals surface area (Å²) in [4.78, 5) is 4.15. The molecule has 4 nitrogen and oxygen atoms in total. The number of hydrogen-bond acceptors (Lipinski definition) is 3. The van der Waals surface area contributed by atoms with Gasteiger partial charge in [-0.3, -0.25) is 0 Å². The molecule has 1 aromatic heterocycles. The highest BCUT2D eigenvalue weighted by molar-refractivity contribution is 4.99. The quantitative estimate of drug-likeness (QED) is 0.696. The molecular formula is C11H21N3O. The minimum absolute atomic E-state index is 0.469. The van der Waals surface area contributed by atoms with Crippen LogP contribution in [0.15, 0.2) is 12.5 Å². The molecule has 1 aromatic rings. The van der Waals surface area contributed by atoms with Crippen LogP contribution < -0.4 is 5.32 Å². The second kappa shape index (κ2) is 6.58. The van der Waals surface area contributed by atoms with E-state index >= 15 is 0 Å². The minimum Gasteiger partial charge on any atom is -0.380 e. The van der Waals surface area contributed by atoms with Crippen LogP contribution in [0.4, 0.5) is 0 Å². The van der Waals surface area contributed by atoms with Gasteiger partial charge in [-0.05, 0) is 20.8 Å². The van der Waals surface area contributed by atoms with Gasteiger partial charge in [0, 0.05) is 31.9 Å². The van der Waals surface area contributed by atoms with E-state index in [1.54, 1.807) is 0 Å². The molecule has 0 unspecified atom stereocenters. The molecule has 0 saturated carbocycles. The van der Waals surface area contributed by atoms with Gasteiger partial charge in [-0.15, -0.1) is 0 Å². The van der Waals surface area contributed by atoms with Crippen LogP contribution in [0.2, 0.25) is 0 Å². The Labute approximate surface area is 91.7 Å². The molecule has 0 bridgehead atoms. The Morgan fingerprint density at radius 1 is 1.53 bits per heavy atom.